The number of aryl methyl sites for hydroxylation is 2. The molecule has 11 heavy (non-hydrogen) atoms. The van der Waals surface area contributed by atoms with Crippen LogP contribution in [0.25, 0.3) is 0 Å². The summed E-state index contributed by atoms with van der Waals surface area (Å²) in [4.78, 5) is 2.35. The second-order valence-electron chi connectivity index (χ2n) is 2.68. The second kappa shape index (κ2) is 3.34. The van der Waals surface area contributed by atoms with Crippen molar-refractivity contribution in [3.63, 3.8) is 0 Å². The third-order valence-corrected chi connectivity index (χ3v) is 3.03. The summed E-state index contributed by atoms with van der Waals surface area (Å²) in [6.07, 6.45) is 0. The molecule has 1 heterocycles. The molecule has 0 aliphatic heterocycles. The normalized spacial score (nSPS) is 13.5. The van der Waals surface area contributed by atoms with Gasteiger partial charge in [0.1, 0.15) is 0 Å². The lowest BCUT2D eigenvalue weighted by atomic mass is 10.2. The van der Waals surface area contributed by atoms with Gasteiger partial charge in [-0.1, -0.05) is 0 Å². The molecule has 0 bridgehead atoms. The zero-order chi connectivity index (χ0) is 8.43. The number of nitrogens with two attached hydrogens (primary N) is 1. The van der Waals surface area contributed by atoms with Gasteiger partial charge in [0.25, 0.3) is 0 Å². The SMILES string of the molecule is Cc1cc([C@H](N)CO)sc1C. The highest BCUT2D eigenvalue weighted by molar-refractivity contribution is 7.12. The van der Waals surface area contributed by atoms with Crippen LogP contribution in [0.4, 0.5) is 0 Å². The molecule has 1 aromatic rings. The van der Waals surface area contributed by atoms with Crippen molar-refractivity contribution in [2.75, 3.05) is 6.61 Å². The smallest absolute Gasteiger partial charge is 0.0632 e. The number of hydrogen-bond donors (Lipinski definition) is 2. The summed E-state index contributed by atoms with van der Waals surface area (Å²) in [6, 6.07) is 1.84. The van der Waals surface area contributed by atoms with Crippen molar-refractivity contribution in [1.82, 2.24) is 0 Å². The molecular formula is C8H13NOS. The van der Waals surface area contributed by atoms with Crippen LogP contribution in [-0.4, -0.2) is 11.7 Å². The van der Waals surface area contributed by atoms with E-state index in [0.29, 0.717) is 0 Å². The van der Waals surface area contributed by atoms with Gasteiger partial charge in [-0.2, -0.15) is 0 Å². The van der Waals surface area contributed by atoms with Crippen LogP contribution in [0, 0.1) is 13.8 Å². The Bertz CT molecular complexity index is 225. The van der Waals surface area contributed by atoms with Gasteiger partial charge in [0.15, 0.2) is 0 Å². The Morgan fingerprint density at radius 3 is 2.64 bits per heavy atom. The molecule has 0 fully saturated rings. The van der Waals surface area contributed by atoms with Gasteiger partial charge in [-0.3, -0.25) is 0 Å². The van der Waals surface area contributed by atoms with Crippen molar-refractivity contribution in [2.24, 2.45) is 5.73 Å². The molecule has 2 nitrogen and oxygen atoms in total. The molecule has 0 spiro atoms. The fraction of sp³-hybridized carbons (Fsp3) is 0.500. The highest BCUT2D eigenvalue weighted by Gasteiger charge is 2.08. The standard InChI is InChI=1S/C8H13NOS/c1-5-3-8(7(9)4-10)11-6(5)2/h3,7,10H,4,9H2,1-2H3/t7-/m1/s1. The van der Waals surface area contributed by atoms with Gasteiger partial charge < -0.3 is 10.8 Å². The minimum Gasteiger partial charge on any atom is -0.394 e. The van der Waals surface area contributed by atoms with Crippen molar-refractivity contribution >= 4 is 11.3 Å². The molecule has 1 aromatic heterocycles. The van der Waals surface area contributed by atoms with Gasteiger partial charge in [-0.05, 0) is 25.5 Å². The van der Waals surface area contributed by atoms with E-state index in [1.807, 2.05) is 6.07 Å². The minimum absolute atomic E-state index is 0.0272. The van der Waals surface area contributed by atoms with E-state index in [2.05, 4.69) is 13.8 Å². The molecule has 62 valence electrons. The maximum atomic E-state index is 8.77. The largest absolute Gasteiger partial charge is 0.394 e. The molecule has 0 aliphatic carbocycles. The lowest BCUT2D eigenvalue weighted by Crippen LogP contribution is -2.12. The molecule has 1 atom stereocenters. The summed E-state index contributed by atoms with van der Waals surface area (Å²) < 4.78 is 0. The maximum absolute atomic E-state index is 8.77. The molecule has 0 aliphatic rings. The third-order valence-electron chi connectivity index (χ3n) is 1.75. The predicted molar refractivity (Wildman–Crippen MR) is 47.8 cm³/mol. The molecule has 0 unspecified atom stereocenters. The molecule has 0 aromatic carbocycles. The van der Waals surface area contributed by atoms with E-state index >= 15 is 0 Å². The van der Waals surface area contributed by atoms with Gasteiger partial charge in [0.2, 0.25) is 0 Å². The number of aliphatic hydroxyl groups excluding tert-OH is 1. The van der Waals surface area contributed by atoms with Crippen LogP contribution in [0.2, 0.25) is 0 Å². The summed E-state index contributed by atoms with van der Waals surface area (Å²) in [5, 5.41) is 8.77. The lowest BCUT2D eigenvalue weighted by Gasteiger charge is -2.02. The first-order valence-electron chi connectivity index (χ1n) is 3.58. The summed E-state index contributed by atoms with van der Waals surface area (Å²) in [6.45, 7) is 4.15. The van der Waals surface area contributed by atoms with Gasteiger partial charge in [-0.25, -0.2) is 0 Å². The third kappa shape index (κ3) is 1.80. The molecular weight excluding hydrogens is 158 g/mol. The van der Waals surface area contributed by atoms with Crippen molar-refractivity contribution in [2.45, 2.75) is 19.9 Å². The van der Waals surface area contributed by atoms with Crippen LogP contribution in [0.5, 0.6) is 0 Å². The molecule has 1 rings (SSSR count). The van der Waals surface area contributed by atoms with E-state index in [4.69, 9.17) is 10.8 Å². The average molecular weight is 171 g/mol. The Morgan fingerprint density at radius 1 is 1.64 bits per heavy atom. The fourth-order valence-corrected chi connectivity index (χ4v) is 1.91. The predicted octanol–water partition coefficient (Wildman–Crippen LogP) is 1.36. The topological polar surface area (TPSA) is 46.2 Å². The van der Waals surface area contributed by atoms with Gasteiger partial charge >= 0.3 is 0 Å². The zero-order valence-electron chi connectivity index (χ0n) is 6.79. The summed E-state index contributed by atoms with van der Waals surface area (Å²) in [5.74, 6) is 0. The van der Waals surface area contributed by atoms with Gasteiger partial charge in [0.05, 0.1) is 12.6 Å². The first-order valence-corrected chi connectivity index (χ1v) is 4.40. The Balaban J connectivity index is 2.88. The molecule has 3 heteroatoms. The Labute approximate surface area is 70.7 Å². The quantitative estimate of drug-likeness (QED) is 0.705. The van der Waals surface area contributed by atoms with Gasteiger partial charge in [0, 0.05) is 9.75 Å². The van der Waals surface area contributed by atoms with E-state index < -0.39 is 0 Å². The number of rotatable bonds is 2. The Kier molecular flexibility index (Phi) is 2.65. The Morgan fingerprint density at radius 2 is 2.27 bits per heavy atom. The Hall–Kier alpha value is -0.380. The number of hydrogen-bond acceptors (Lipinski definition) is 3. The minimum atomic E-state index is -0.201. The van der Waals surface area contributed by atoms with Gasteiger partial charge in [-0.15, -0.1) is 11.3 Å². The number of thiophene rings is 1. The van der Waals surface area contributed by atoms with Crippen LogP contribution in [0.3, 0.4) is 0 Å². The maximum Gasteiger partial charge on any atom is 0.0632 e. The van der Waals surface area contributed by atoms with Crippen molar-refractivity contribution < 1.29 is 5.11 Å². The molecule has 0 amide bonds. The first kappa shape index (κ1) is 8.71. The van der Waals surface area contributed by atoms with E-state index in [1.54, 1.807) is 11.3 Å². The lowest BCUT2D eigenvalue weighted by molar-refractivity contribution is 0.269. The molecule has 3 N–H and O–H groups in total. The molecule has 0 saturated heterocycles. The van der Waals surface area contributed by atoms with Crippen molar-refractivity contribution in [1.29, 1.82) is 0 Å². The fourth-order valence-electron chi connectivity index (χ4n) is 0.874. The van der Waals surface area contributed by atoms with E-state index in [0.717, 1.165) is 4.88 Å². The summed E-state index contributed by atoms with van der Waals surface area (Å²) in [5.41, 5.74) is 6.90. The molecule has 0 saturated carbocycles. The van der Waals surface area contributed by atoms with E-state index in [-0.39, 0.29) is 12.6 Å². The first-order chi connectivity index (χ1) is 5.15. The van der Waals surface area contributed by atoms with Crippen LogP contribution in [-0.2, 0) is 0 Å². The van der Waals surface area contributed by atoms with Crippen molar-refractivity contribution in [3.8, 4) is 0 Å². The van der Waals surface area contributed by atoms with Crippen LogP contribution in [0.1, 0.15) is 21.4 Å². The van der Waals surface area contributed by atoms with Crippen LogP contribution < -0.4 is 5.73 Å². The van der Waals surface area contributed by atoms with Crippen molar-refractivity contribution in [3.05, 3.63) is 21.4 Å². The number of aliphatic hydroxyl groups is 1. The monoisotopic (exact) mass is 171 g/mol. The second-order valence-corrected chi connectivity index (χ2v) is 3.96. The average Bonchev–Trinajstić information content (AvgIpc) is 2.31. The zero-order valence-corrected chi connectivity index (χ0v) is 7.61. The highest BCUT2D eigenvalue weighted by atomic mass is 32.1. The van der Waals surface area contributed by atoms with Crippen LogP contribution >= 0.6 is 11.3 Å². The highest BCUT2D eigenvalue weighted by Crippen LogP contribution is 2.24. The van der Waals surface area contributed by atoms with E-state index in [1.165, 1.54) is 10.4 Å². The molecule has 0 radical (unpaired) electrons. The van der Waals surface area contributed by atoms with Crippen LogP contribution in [0.15, 0.2) is 6.07 Å². The summed E-state index contributed by atoms with van der Waals surface area (Å²) in [7, 11) is 0. The summed E-state index contributed by atoms with van der Waals surface area (Å²) >= 11 is 1.66. The van der Waals surface area contributed by atoms with E-state index in [9.17, 15) is 0 Å².